The van der Waals surface area contributed by atoms with Crippen LogP contribution in [0.2, 0.25) is 0 Å². The fraction of sp³-hybridized carbons (Fsp3) is 0.750. The normalized spacial score (nSPS) is 29.6. The topological polar surface area (TPSA) is 101 Å². The van der Waals surface area contributed by atoms with Gasteiger partial charge in [0.25, 0.3) is 0 Å². The van der Waals surface area contributed by atoms with Crippen LogP contribution in [0.4, 0.5) is 0 Å². The molecule has 0 aromatic rings. The number of rotatable bonds is 4. The Hall–Kier alpha value is -1.11. The average molecular weight is 235 g/mol. The number of amides is 1. The van der Waals surface area contributed by atoms with Crippen LogP contribution in [-0.2, 0) is 19.4 Å². The number of hydrogen-bond acceptors (Lipinski definition) is 4. The highest BCUT2D eigenvalue weighted by molar-refractivity contribution is 7.91. The van der Waals surface area contributed by atoms with Crippen molar-refractivity contribution < 1.29 is 23.1 Å². The standard InChI is InChI=1S/C8H13NO5S/c1-5(10)9-4-8(7(11)12)3-6(8)15(2,13)14/h6H,3-4H2,1-2H3,(H,9,10)(H,11,12). The molecule has 0 aliphatic heterocycles. The minimum absolute atomic E-state index is 0.0709. The zero-order valence-corrected chi connectivity index (χ0v) is 9.30. The first-order chi connectivity index (χ1) is 6.70. The predicted molar refractivity (Wildman–Crippen MR) is 52.0 cm³/mol. The van der Waals surface area contributed by atoms with Crippen LogP contribution in [0.25, 0.3) is 0 Å². The Bertz CT molecular complexity index is 401. The molecule has 1 fully saturated rings. The summed E-state index contributed by atoms with van der Waals surface area (Å²) < 4.78 is 22.4. The van der Waals surface area contributed by atoms with E-state index in [0.717, 1.165) is 6.26 Å². The summed E-state index contributed by atoms with van der Waals surface area (Å²) in [5.41, 5.74) is -1.32. The van der Waals surface area contributed by atoms with E-state index in [4.69, 9.17) is 5.11 Å². The molecule has 1 amide bonds. The van der Waals surface area contributed by atoms with E-state index in [9.17, 15) is 18.0 Å². The van der Waals surface area contributed by atoms with Crippen molar-refractivity contribution >= 4 is 21.7 Å². The summed E-state index contributed by atoms with van der Waals surface area (Å²) in [4.78, 5) is 21.6. The minimum atomic E-state index is -3.36. The molecule has 1 saturated carbocycles. The minimum Gasteiger partial charge on any atom is -0.481 e. The van der Waals surface area contributed by atoms with Crippen molar-refractivity contribution in [2.45, 2.75) is 18.6 Å². The van der Waals surface area contributed by atoms with Crippen LogP contribution in [0.15, 0.2) is 0 Å². The van der Waals surface area contributed by atoms with E-state index < -0.39 is 26.5 Å². The van der Waals surface area contributed by atoms with E-state index >= 15 is 0 Å². The van der Waals surface area contributed by atoms with Crippen LogP contribution < -0.4 is 5.32 Å². The molecule has 0 spiro atoms. The molecule has 6 nitrogen and oxygen atoms in total. The van der Waals surface area contributed by atoms with Gasteiger partial charge in [-0.05, 0) is 6.42 Å². The highest BCUT2D eigenvalue weighted by Crippen LogP contribution is 2.50. The highest BCUT2D eigenvalue weighted by atomic mass is 32.2. The van der Waals surface area contributed by atoms with Crippen LogP contribution in [0.5, 0.6) is 0 Å². The summed E-state index contributed by atoms with van der Waals surface area (Å²) >= 11 is 0. The molecular weight excluding hydrogens is 222 g/mol. The van der Waals surface area contributed by atoms with Crippen molar-refractivity contribution in [3.63, 3.8) is 0 Å². The monoisotopic (exact) mass is 235 g/mol. The lowest BCUT2D eigenvalue weighted by atomic mass is 10.1. The first-order valence-electron chi connectivity index (χ1n) is 4.37. The van der Waals surface area contributed by atoms with Gasteiger partial charge in [-0.3, -0.25) is 9.59 Å². The molecule has 0 bridgehead atoms. The number of hydrogen-bond donors (Lipinski definition) is 2. The Balaban J connectivity index is 2.79. The second-order valence-corrected chi connectivity index (χ2v) is 6.12. The van der Waals surface area contributed by atoms with Gasteiger partial charge in [0.2, 0.25) is 5.91 Å². The Morgan fingerprint density at radius 2 is 2.07 bits per heavy atom. The van der Waals surface area contributed by atoms with Gasteiger partial charge in [0.15, 0.2) is 9.84 Å². The van der Waals surface area contributed by atoms with Crippen molar-refractivity contribution in [3.05, 3.63) is 0 Å². The van der Waals surface area contributed by atoms with E-state index in [1.807, 2.05) is 0 Å². The first-order valence-corrected chi connectivity index (χ1v) is 6.32. The molecular formula is C8H13NO5S. The summed E-state index contributed by atoms with van der Waals surface area (Å²) in [5.74, 6) is -1.54. The largest absolute Gasteiger partial charge is 0.481 e. The maximum Gasteiger partial charge on any atom is 0.312 e. The summed E-state index contributed by atoms with van der Waals surface area (Å²) in [6, 6.07) is 0. The Kier molecular flexibility index (Phi) is 2.77. The fourth-order valence-electron chi connectivity index (χ4n) is 1.60. The summed E-state index contributed by atoms with van der Waals surface area (Å²) in [7, 11) is -3.36. The second-order valence-electron chi connectivity index (χ2n) is 3.89. The molecule has 0 radical (unpaired) electrons. The first kappa shape index (κ1) is 12.0. The zero-order valence-electron chi connectivity index (χ0n) is 8.48. The number of carbonyl (C=O) groups is 2. The van der Waals surface area contributed by atoms with Gasteiger partial charge in [-0.2, -0.15) is 0 Å². The van der Waals surface area contributed by atoms with Gasteiger partial charge in [0.1, 0.15) is 5.41 Å². The predicted octanol–water partition coefficient (Wildman–Crippen LogP) is -0.990. The highest BCUT2D eigenvalue weighted by Gasteiger charge is 2.65. The fourth-order valence-corrected chi connectivity index (χ4v) is 3.21. The van der Waals surface area contributed by atoms with Crippen LogP contribution >= 0.6 is 0 Å². The smallest absolute Gasteiger partial charge is 0.312 e. The summed E-state index contributed by atoms with van der Waals surface area (Å²) in [6.45, 7) is 1.13. The molecule has 2 atom stereocenters. The van der Waals surface area contributed by atoms with Crippen molar-refractivity contribution in [1.29, 1.82) is 0 Å². The maximum absolute atomic E-state index is 11.2. The van der Waals surface area contributed by atoms with Crippen molar-refractivity contribution in [2.75, 3.05) is 12.8 Å². The quantitative estimate of drug-likeness (QED) is 0.651. The van der Waals surface area contributed by atoms with E-state index in [1.54, 1.807) is 0 Å². The van der Waals surface area contributed by atoms with Crippen molar-refractivity contribution in [2.24, 2.45) is 5.41 Å². The molecule has 0 heterocycles. The van der Waals surface area contributed by atoms with Crippen LogP contribution in [-0.4, -0.2) is 43.5 Å². The molecule has 1 aliphatic rings. The lowest BCUT2D eigenvalue weighted by molar-refractivity contribution is -0.143. The number of carbonyl (C=O) groups excluding carboxylic acids is 1. The molecule has 7 heteroatoms. The average Bonchev–Trinajstić information content (AvgIpc) is 2.75. The molecule has 1 rings (SSSR count). The number of carboxylic acids is 1. The second kappa shape index (κ2) is 3.48. The van der Waals surface area contributed by atoms with E-state index in [-0.39, 0.29) is 18.9 Å². The van der Waals surface area contributed by atoms with Crippen LogP contribution in [0, 0.1) is 5.41 Å². The molecule has 0 aromatic heterocycles. The lowest BCUT2D eigenvalue weighted by Gasteiger charge is -2.11. The summed E-state index contributed by atoms with van der Waals surface area (Å²) in [5, 5.41) is 10.4. The van der Waals surface area contributed by atoms with E-state index in [1.165, 1.54) is 6.92 Å². The van der Waals surface area contributed by atoms with Gasteiger partial charge in [-0.25, -0.2) is 8.42 Å². The molecule has 0 aromatic carbocycles. The Labute approximate surface area is 87.6 Å². The van der Waals surface area contributed by atoms with E-state index in [0.29, 0.717) is 0 Å². The lowest BCUT2D eigenvalue weighted by Crippen LogP contribution is -2.36. The van der Waals surface area contributed by atoms with Gasteiger partial charge in [-0.15, -0.1) is 0 Å². The molecule has 15 heavy (non-hydrogen) atoms. The van der Waals surface area contributed by atoms with Crippen molar-refractivity contribution in [1.82, 2.24) is 5.32 Å². The molecule has 2 unspecified atom stereocenters. The third-order valence-electron chi connectivity index (χ3n) is 2.60. The van der Waals surface area contributed by atoms with Crippen LogP contribution in [0.1, 0.15) is 13.3 Å². The third kappa shape index (κ3) is 2.28. The van der Waals surface area contributed by atoms with Gasteiger partial charge >= 0.3 is 5.97 Å². The number of nitrogens with one attached hydrogen (secondary N) is 1. The number of sulfone groups is 1. The van der Waals surface area contributed by atoms with Gasteiger partial charge in [-0.1, -0.05) is 0 Å². The SMILES string of the molecule is CC(=O)NCC1(C(=O)O)CC1S(C)(=O)=O. The summed E-state index contributed by atoms with van der Waals surface area (Å²) in [6.07, 6.45) is 1.08. The molecule has 2 N–H and O–H groups in total. The Morgan fingerprint density at radius 1 is 1.53 bits per heavy atom. The van der Waals surface area contributed by atoms with Crippen LogP contribution in [0.3, 0.4) is 0 Å². The maximum atomic E-state index is 11.2. The third-order valence-corrected chi connectivity index (χ3v) is 4.25. The molecule has 86 valence electrons. The molecule has 0 saturated heterocycles. The van der Waals surface area contributed by atoms with Gasteiger partial charge in [0, 0.05) is 19.7 Å². The molecule has 1 aliphatic carbocycles. The van der Waals surface area contributed by atoms with Gasteiger partial charge in [0.05, 0.1) is 5.25 Å². The number of carboxylic acid groups (broad SMARTS) is 1. The number of aliphatic carboxylic acids is 1. The van der Waals surface area contributed by atoms with E-state index in [2.05, 4.69) is 5.32 Å². The van der Waals surface area contributed by atoms with Gasteiger partial charge < -0.3 is 10.4 Å². The van der Waals surface area contributed by atoms with Crippen molar-refractivity contribution in [3.8, 4) is 0 Å². The zero-order chi connectivity index (χ0) is 11.9. The Morgan fingerprint density at radius 3 is 2.33 bits per heavy atom.